The van der Waals surface area contributed by atoms with Crippen LogP contribution in [0.4, 0.5) is 0 Å². The minimum atomic E-state index is -1.43. The van der Waals surface area contributed by atoms with E-state index < -0.39 is 37.3 Å². The number of rotatable bonds is 5. The number of ether oxygens (including phenoxy) is 2. The molecule has 5 N–H and O–H groups in total. The Kier molecular flexibility index (Phi) is 5.74. The molecule has 0 aromatic rings. The molecule has 1 rings (SSSR count). The van der Waals surface area contributed by atoms with Gasteiger partial charge in [-0.1, -0.05) is 6.92 Å². The summed E-state index contributed by atoms with van der Waals surface area (Å²) in [5.74, 6) is -0.137. The lowest BCUT2D eigenvalue weighted by molar-refractivity contribution is -0.303. The van der Waals surface area contributed by atoms with Crippen LogP contribution in [0.25, 0.3) is 0 Å². The first-order valence-corrected chi connectivity index (χ1v) is 5.54. The molecule has 1 fully saturated rings. The number of aliphatic hydroxyl groups is 5. The number of aliphatic hydroxyl groups excluding tert-OH is 5. The van der Waals surface area contributed by atoms with Crippen molar-refractivity contribution < 1.29 is 35.0 Å². The zero-order chi connectivity index (χ0) is 13.0. The minimum Gasteiger partial charge on any atom is -0.396 e. The Bertz CT molecular complexity index is 223. The molecule has 7 heteroatoms. The van der Waals surface area contributed by atoms with Crippen molar-refractivity contribution in [2.75, 3.05) is 19.8 Å². The molecule has 7 nitrogen and oxygen atoms in total. The normalized spacial score (nSPS) is 40.2. The summed E-state index contributed by atoms with van der Waals surface area (Å²) in [5.41, 5.74) is 0. The van der Waals surface area contributed by atoms with Gasteiger partial charge in [0.1, 0.15) is 24.4 Å². The highest BCUT2D eigenvalue weighted by Crippen LogP contribution is 2.22. The van der Waals surface area contributed by atoms with E-state index in [-0.39, 0.29) is 19.1 Å². The fraction of sp³-hybridized carbons (Fsp3) is 1.00. The molecular weight excluding hydrogens is 232 g/mol. The van der Waals surface area contributed by atoms with Gasteiger partial charge >= 0.3 is 0 Å². The summed E-state index contributed by atoms with van der Waals surface area (Å²) in [7, 11) is 0. The Hall–Kier alpha value is -0.280. The Morgan fingerprint density at radius 1 is 1.12 bits per heavy atom. The van der Waals surface area contributed by atoms with Gasteiger partial charge in [0.25, 0.3) is 0 Å². The molecule has 0 saturated carbocycles. The molecule has 6 atom stereocenters. The first kappa shape index (κ1) is 14.8. The third kappa shape index (κ3) is 3.59. The fourth-order valence-electron chi connectivity index (χ4n) is 1.52. The largest absolute Gasteiger partial charge is 0.396 e. The summed E-state index contributed by atoms with van der Waals surface area (Å²) < 4.78 is 10.3. The fourth-order valence-corrected chi connectivity index (χ4v) is 1.52. The van der Waals surface area contributed by atoms with Crippen LogP contribution >= 0.6 is 0 Å². The van der Waals surface area contributed by atoms with Crippen molar-refractivity contribution >= 4 is 0 Å². The monoisotopic (exact) mass is 252 g/mol. The molecule has 0 aromatic carbocycles. The second-order valence-electron chi connectivity index (χ2n) is 4.32. The lowest BCUT2D eigenvalue weighted by atomic mass is 9.99. The van der Waals surface area contributed by atoms with Gasteiger partial charge < -0.3 is 35.0 Å². The molecular formula is C10H20O7. The van der Waals surface area contributed by atoms with Gasteiger partial charge in [0.05, 0.1) is 13.2 Å². The molecule has 17 heavy (non-hydrogen) atoms. The average molecular weight is 252 g/mol. The molecule has 0 aromatic heterocycles. The molecule has 1 saturated heterocycles. The van der Waals surface area contributed by atoms with Gasteiger partial charge in [0.15, 0.2) is 6.29 Å². The van der Waals surface area contributed by atoms with Gasteiger partial charge in [-0.15, -0.1) is 0 Å². The zero-order valence-corrected chi connectivity index (χ0v) is 9.64. The van der Waals surface area contributed by atoms with Crippen LogP contribution in [0.1, 0.15) is 6.92 Å². The smallest absolute Gasteiger partial charge is 0.186 e. The molecule has 0 amide bonds. The van der Waals surface area contributed by atoms with Gasteiger partial charge in [-0.3, -0.25) is 0 Å². The number of hydrogen-bond donors (Lipinski definition) is 5. The van der Waals surface area contributed by atoms with Crippen LogP contribution in [-0.2, 0) is 9.47 Å². The van der Waals surface area contributed by atoms with E-state index in [4.69, 9.17) is 19.7 Å². The van der Waals surface area contributed by atoms with E-state index in [1.165, 1.54) is 0 Å². The third-order valence-electron chi connectivity index (χ3n) is 2.71. The predicted molar refractivity (Wildman–Crippen MR) is 56.0 cm³/mol. The van der Waals surface area contributed by atoms with Gasteiger partial charge in [-0.05, 0) is 0 Å². The number of hydrogen-bond acceptors (Lipinski definition) is 7. The molecule has 102 valence electrons. The second-order valence-corrected chi connectivity index (χ2v) is 4.32. The van der Waals surface area contributed by atoms with Gasteiger partial charge in [-0.25, -0.2) is 0 Å². The Morgan fingerprint density at radius 2 is 1.76 bits per heavy atom. The molecule has 0 bridgehead atoms. The molecule has 1 heterocycles. The SMILES string of the molecule is CC(CO)CO[C@@H]1O[C@H](CO)[C@H](O)[C@H](O)[C@H]1O. The van der Waals surface area contributed by atoms with E-state index in [2.05, 4.69) is 0 Å². The maximum Gasteiger partial charge on any atom is 0.186 e. The van der Waals surface area contributed by atoms with Crippen LogP contribution in [0, 0.1) is 5.92 Å². The van der Waals surface area contributed by atoms with E-state index in [1.807, 2.05) is 0 Å². The van der Waals surface area contributed by atoms with Crippen molar-refractivity contribution in [2.45, 2.75) is 37.6 Å². The minimum absolute atomic E-state index is 0.0720. The van der Waals surface area contributed by atoms with E-state index in [0.29, 0.717) is 0 Å². The maximum absolute atomic E-state index is 9.60. The van der Waals surface area contributed by atoms with Crippen LogP contribution in [0.15, 0.2) is 0 Å². The Balaban J connectivity index is 2.53. The van der Waals surface area contributed by atoms with Crippen LogP contribution in [0.3, 0.4) is 0 Å². The van der Waals surface area contributed by atoms with Crippen molar-refractivity contribution in [3.8, 4) is 0 Å². The summed E-state index contributed by atoms with van der Waals surface area (Å²) in [6.45, 7) is 1.32. The molecule has 1 unspecified atom stereocenters. The van der Waals surface area contributed by atoms with Gasteiger partial charge in [0.2, 0.25) is 0 Å². The Morgan fingerprint density at radius 3 is 2.29 bits per heavy atom. The lowest BCUT2D eigenvalue weighted by Gasteiger charge is -2.39. The van der Waals surface area contributed by atoms with Gasteiger partial charge in [0, 0.05) is 12.5 Å². The van der Waals surface area contributed by atoms with Gasteiger partial charge in [-0.2, -0.15) is 0 Å². The highest BCUT2D eigenvalue weighted by Gasteiger charge is 2.43. The topological polar surface area (TPSA) is 120 Å². The van der Waals surface area contributed by atoms with E-state index in [9.17, 15) is 15.3 Å². The van der Waals surface area contributed by atoms with Crippen LogP contribution in [-0.4, -0.2) is 76.1 Å². The van der Waals surface area contributed by atoms with E-state index in [1.54, 1.807) is 6.92 Å². The second kappa shape index (κ2) is 6.60. The van der Waals surface area contributed by atoms with Crippen LogP contribution < -0.4 is 0 Å². The quantitative estimate of drug-likeness (QED) is 0.365. The molecule has 1 aliphatic heterocycles. The predicted octanol–water partition coefficient (Wildman–Crippen LogP) is -2.57. The highest BCUT2D eigenvalue weighted by atomic mass is 16.7. The first-order chi connectivity index (χ1) is 8.01. The van der Waals surface area contributed by atoms with Crippen molar-refractivity contribution in [3.05, 3.63) is 0 Å². The van der Waals surface area contributed by atoms with Crippen molar-refractivity contribution in [1.82, 2.24) is 0 Å². The summed E-state index contributed by atoms with van der Waals surface area (Å²) >= 11 is 0. The summed E-state index contributed by atoms with van der Waals surface area (Å²) in [6, 6.07) is 0. The average Bonchev–Trinajstić information content (AvgIpc) is 2.34. The lowest BCUT2D eigenvalue weighted by Crippen LogP contribution is -2.59. The van der Waals surface area contributed by atoms with E-state index in [0.717, 1.165) is 0 Å². The molecule has 0 radical (unpaired) electrons. The summed E-state index contributed by atoms with van der Waals surface area (Å²) in [6.07, 6.45) is -6.30. The van der Waals surface area contributed by atoms with Crippen molar-refractivity contribution in [1.29, 1.82) is 0 Å². The van der Waals surface area contributed by atoms with Crippen molar-refractivity contribution in [2.24, 2.45) is 5.92 Å². The van der Waals surface area contributed by atoms with E-state index >= 15 is 0 Å². The maximum atomic E-state index is 9.60. The van der Waals surface area contributed by atoms with Crippen LogP contribution in [0.5, 0.6) is 0 Å². The van der Waals surface area contributed by atoms with Crippen molar-refractivity contribution in [3.63, 3.8) is 0 Å². The standard InChI is InChI=1S/C10H20O7/c1-5(2-11)4-16-10-9(15)8(14)7(13)6(3-12)17-10/h5-15H,2-4H2,1H3/t5?,6-,7+,8+,9-,10-/m1/s1. The molecule has 0 aliphatic carbocycles. The molecule has 1 aliphatic rings. The third-order valence-corrected chi connectivity index (χ3v) is 2.71. The summed E-state index contributed by atoms with van der Waals surface area (Å²) in [4.78, 5) is 0. The van der Waals surface area contributed by atoms with Crippen LogP contribution in [0.2, 0.25) is 0 Å². The zero-order valence-electron chi connectivity index (χ0n) is 9.64. The highest BCUT2D eigenvalue weighted by molar-refractivity contribution is 4.88. The first-order valence-electron chi connectivity index (χ1n) is 5.54. The summed E-state index contributed by atoms with van der Waals surface area (Å²) in [5, 5.41) is 46.3. The molecule has 0 spiro atoms. The Labute approximate surface area is 99.2 Å².